The molecule has 2 N–H and O–H groups in total. The Morgan fingerprint density at radius 2 is 1.72 bits per heavy atom. The van der Waals surface area contributed by atoms with E-state index in [4.69, 9.17) is 9.47 Å². The number of hydrogen-bond donors (Lipinski definition) is 2. The predicted molar refractivity (Wildman–Crippen MR) is 185 cm³/mol. The number of urea groups is 1. The lowest BCUT2D eigenvalue weighted by atomic mass is 9.88. The summed E-state index contributed by atoms with van der Waals surface area (Å²) in [7, 11) is 0. The molecule has 0 bridgehead atoms. The molecule has 4 rings (SSSR count). The van der Waals surface area contributed by atoms with E-state index in [0.717, 1.165) is 39.1 Å². The lowest BCUT2D eigenvalue weighted by molar-refractivity contribution is -0.141. The second kappa shape index (κ2) is 15.9. The molecule has 9 nitrogen and oxygen atoms in total. The first kappa shape index (κ1) is 34.0. The third-order valence-corrected chi connectivity index (χ3v) is 7.63. The van der Waals surface area contributed by atoms with Crippen LogP contribution in [-0.2, 0) is 9.53 Å². The minimum Gasteiger partial charge on any atom is -0.493 e. The Labute approximate surface area is 270 Å². The molecule has 0 unspecified atom stereocenters. The number of carbonyl (C=O) groups excluding carboxylic acids is 2. The van der Waals surface area contributed by atoms with Crippen molar-refractivity contribution in [1.29, 1.82) is 0 Å². The summed E-state index contributed by atoms with van der Waals surface area (Å²) < 4.78 is 10.9. The van der Waals surface area contributed by atoms with Crippen molar-refractivity contribution in [2.75, 3.05) is 30.0 Å². The number of hydrogen-bond acceptors (Lipinski definition) is 6. The normalized spacial score (nSPS) is 11.1. The van der Waals surface area contributed by atoms with Crippen molar-refractivity contribution in [3.05, 3.63) is 94.9 Å². The zero-order valence-corrected chi connectivity index (χ0v) is 27.4. The first-order chi connectivity index (χ1) is 22.1. The number of aromatic nitrogens is 2. The summed E-state index contributed by atoms with van der Waals surface area (Å²) in [6.07, 6.45) is 5.38. The van der Waals surface area contributed by atoms with Crippen molar-refractivity contribution in [2.45, 2.75) is 65.7 Å². The van der Waals surface area contributed by atoms with Crippen molar-refractivity contribution in [2.24, 2.45) is 0 Å². The van der Waals surface area contributed by atoms with Crippen LogP contribution in [0.3, 0.4) is 0 Å². The van der Waals surface area contributed by atoms with Crippen LogP contribution in [0, 0.1) is 0 Å². The molecule has 0 saturated heterocycles. The van der Waals surface area contributed by atoms with E-state index in [0.29, 0.717) is 44.7 Å². The number of amides is 2. The van der Waals surface area contributed by atoms with Gasteiger partial charge in [0, 0.05) is 37.2 Å². The number of nitrogens with one attached hydrogen (secondary N) is 2. The zero-order chi connectivity index (χ0) is 33.2. The Balaban J connectivity index is 1.68. The smallest absolute Gasteiger partial charge is 0.326 e. The monoisotopic (exact) mass is 624 g/mol. The zero-order valence-electron chi connectivity index (χ0n) is 27.4. The molecule has 0 spiro atoms. The molecular weight excluding hydrogens is 580 g/mol. The second-order valence-electron chi connectivity index (χ2n) is 11.8. The third kappa shape index (κ3) is 8.62. The Hall–Kier alpha value is -4.92. The average molecular weight is 625 g/mol. The highest BCUT2D eigenvalue weighted by molar-refractivity contribution is 6.03. The van der Waals surface area contributed by atoms with Crippen molar-refractivity contribution >= 4 is 34.4 Å². The molecule has 0 atom stereocenters. The van der Waals surface area contributed by atoms with Gasteiger partial charge in [-0.15, -0.1) is 6.58 Å². The topological polar surface area (TPSA) is 114 Å². The lowest BCUT2D eigenvalue weighted by Crippen LogP contribution is -2.39. The Morgan fingerprint density at radius 3 is 2.39 bits per heavy atom. The number of benzene rings is 2. The lowest BCUT2D eigenvalue weighted by Gasteiger charge is -2.27. The number of nitrogens with zero attached hydrogens (tertiary/aromatic N) is 2. The van der Waals surface area contributed by atoms with Crippen LogP contribution >= 0.6 is 0 Å². The van der Waals surface area contributed by atoms with Gasteiger partial charge in [-0.05, 0) is 89.4 Å². The summed E-state index contributed by atoms with van der Waals surface area (Å²) >= 11 is 0. The SMILES string of the molecule is C=CCCCN(C(=O)Nc1c(C(C)C)cc(-c2cccc(OCCCOC(C)=O)c2)cc1C(C)C)c1cc2cccnc2[nH]c1=O. The van der Waals surface area contributed by atoms with E-state index in [1.807, 2.05) is 30.3 Å². The van der Waals surface area contributed by atoms with Crippen LogP contribution < -0.4 is 20.5 Å². The summed E-state index contributed by atoms with van der Waals surface area (Å²) in [6, 6.07) is 17.1. The number of pyridine rings is 2. The Kier molecular flexibility index (Phi) is 11.7. The molecule has 0 saturated carbocycles. The largest absolute Gasteiger partial charge is 0.493 e. The highest BCUT2D eigenvalue weighted by Gasteiger charge is 2.24. The predicted octanol–water partition coefficient (Wildman–Crippen LogP) is 8.17. The molecule has 242 valence electrons. The van der Waals surface area contributed by atoms with Crippen LogP contribution in [0.2, 0.25) is 0 Å². The summed E-state index contributed by atoms with van der Waals surface area (Å²) in [5.74, 6) is 0.611. The van der Waals surface area contributed by atoms with Gasteiger partial charge in [-0.3, -0.25) is 14.5 Å². The molecule has 0 aliphatic heterocycles. The number of unbranched alkanes of at least 4 members (excludes halogenated alkanes) is 1. The van der Waals surface area contributed by atoms with E-state index in [1.54, 1.807) is 24.4 Å². The van der Waals surface area contributed by atoms with Gasteiger partial charge in [0.15, 0.2) is 0 Å². The van der Waals surface area contributed by atoms with Gasteiger partial charge in [0.2, 0.25) is 0 Å². The number of ether oxygens (including phenoxy) is 2. The first-order valence-electron chi connectivity index (χ1n) is 15.8. The van der Waals surface area contributed by atoms with Gasteiger partial charge in [0.25, 0.3) is 5.56 Å². The maximum Gasteiger partial charge on any atom is 0.326 e. The van der Waals surface area contributed by atoms with Crippen LogP contribution in [0.25, 0.3) is 22.2 Å². The number of aromatic amines is 1. The van der Waals surface area contributed by atoms with E-state index >= 15 is 0 Å². The van der Waals surface area contributed by atoms with Gasteiger partial charge in [-0.1, -0.05) is 45.9 Å². The Bertz CT molecular complexity index is 1710. The summed E-state index contributed by atoms with van der Waals surface area (Å²) in [4.78, 5) is 46.9. The number of allylic oxidation sites excluding steroid dienone is 1. The van der Waals surface area contributed by atoms with E-state index < -0.39 is 0 Å². The molecule has 2 aromatic heterocycles. The molecule has 0 fully saturated rings. The van der Waals surface area contributed by atoms with Crippen LogP contribution in [0.15, 0.2) is 78.2 Å². The number of H-pyrrole nitrogens is 1. The maximum absolute atomic E-state index is 14.1. The quantitative estimate of drug-likeness (QED) is 0.0831. The summed E-state index contributed by atoms with van der Waals surface area (Å²) in [5.41, 5.74) is 5.09. The van der Waals surface area contributed by atoms with E-state index in [9.17, 15) is 14.4 Å². The van der Waals surface area contributed by atoms with Crippen molar-refractivity contribution in [1.82, 2.24) is 9.97 Å². The van der Waals surface area contributed by atoms with Crippen LogP contribution in [-0.4, -0.2) is 41.7 Å². The molecule has 9 heteroatoms. The van der Waals surface area contributed by atoms with Gasteiger partial charge < -0.3 is 19.8 Å². The summed E-state index contributed by atoms with van der Waals surface area (Å²) in [5, 5.41) is 3.95. The highest BCUT2D eigenvalue weighted by atomic mass is 16.5. The number of anilines is 2. The fourth-order valence-corrected chi connectivity index (χ4v) is 5.26. The van der Waals surface area contributed by atoms with Gasteiger partial charge >= 0.3 is 12.0 Å². The molecule has 2 heterocycles. The van der Waals surface area contributed by atoms with Gasteiger partial charge in [-0.25, -0.2) is 9.78 Å². The first-order valence-corrected chi connectivity index (χ1v) is 15.8. The molecule has 2 amide bonds. The second-order valence-corrected chi connectivity index (χ2v) is 11.8. The minimum atomic E-state index is -0.378. The molecule has 0 radical (unpaired) electrons. The number of carbonyl (C=O) groups is 2. The third-order valence-electron chi connectivity index (χ3n) is 7.63. The molecular formula is C37H44N4O5. The van der Waals surface area contributed by atoms with Crippen LogP contribution in [0.5, 0.6) is 5.75 Å². The number of fused-ring (bicyclic) bond motifs is 1. The molecule has 0 aliphatic rings. The van der Waals surface area contributed by atoms with Crippen molar-refractivity contribution in [3.8, 4) is 16.9 Å². The van der Waals surface area contributed by atoms with E-state index in [-0.39, 0.29) is 35.1 Å². The van der Waals surface area contributed by atoms with Crippen LogP contribution in [0.1, 0.15) is 76.8 Å². The van der Waals surface area contributed by atoms with Gasteiger partial charge in [-0.2, -0.15) is 0 Å². The molecule has 0 aliphatic carbocycles. The number of rotatable bonds is 14. The number of esters is 1. The van der Waals surface area contributed by atoms with Gasteiger partial charge in [0.1, 0.15) is 17.1 Å². The minimum absolute atomic E-state index is 0.0952. The standard InChI is InChI=1S/C37H44N4O5/c1-7-8-9-17-41(33-23-28-14-11-16-38-35(28)40-36(33)43)37(44)39-34-31(24(2)3)21-29(22-32(34)25(4)5)27-13-10-15-30(20-27)46-19-12-18-45-26(6)42/h7,10-11,13-16,20-25H,1,8-9,12,17-19H2,2-6H3,(H,39,44)(H,38,40,43). The fourth-order valence-electron chi connectivity index (χ4n) is 5.26. The maximum atomic E-state index is 14.1. The molecule has 4 aromatic rings. The van der Waals surface area contributed by atoms with Crippen LogP contribution in [0.4, 0.5) is 16.2 Å². The van der Waals surface area contributed by atoms with E-state index in [2.05, 4.69) is 61.7 Å². The summed E-state index contributed by atoms with van der Waals surface area (Å²) in [6.45, 7) is 14.7. The Morgan fingerprint density at radius 1 is 0.978 bits per heavy atom. The van der Waals surface area contributed by atoms with Crippen molar-refractivity contribution in [3.63, 3.8) is 0 Å². The fraction of sp³-hybridized carbons (Fsp3) is 0.351. The van der Waals surface area contributed by atoms with Crippen molar-refractivity contribution < 1.29 is 19.1 Å². The average Bonchev–Trinajstić information content (AvgIpc) is 3.02. The molecule has 2 aromatic carbocycles. The molecule has 46 heavy (non-hydrogen) atoms. The highest BCUT2D eigenvalue weighted by Crippen LogP contribution is 2.38. The van der Waals surface area contributed by atoms with E-state index in [1.165, 1.54) is 11.8 Å². The van der Waals surface area contributed by atoms with Gasteiger partial charge in [0.05, 0.1) is 13.2 Å².